The van der Waals surface area contributed by atoms with Crippen LogP contribution in [0.3, 0.4) is 0 Å². The van der Waals surface area contributed by atoms with Gasteiger partial charge in [-0.25, -0.2) is 0 Å². The summed E-state index contributed by atoms with van der Waals surface area (Å²) in [6.07, 6.45) is 0.317. The van der Waals surface area contributed by atoms with Gasteiger partial charge in [-0.1, -0.05) is 63.4 Å². The standard InChI is InChI=1S/C11H10BrCl3O2/c1-2-5-17-9-4-3-7(12)6-8(9)10(16)11(13,14)15/h2-4,6,10,16H,1,5H2. The maximum Gasteiger partial charge on any atom is 0.220 e. The molecule has 0 aliphatic rings. The molecule has 6 heteroatoms. The van der Waals surface area contributed by atoms with E-state index in [0.717, 1.165) is 4.47 Å². The van der Waals surface area contributed by atoms with Gasteiger partial charge in [0.25, 0.3) is 0 Å². The van der Waals surface area contributed by atoms with Crippen molar-refractivity contribution in [2.45, 2.75) is 9.90 Å². The Labute approximate surface area is 123 Å². The second kappa shape index (κ2) is 6.30. The summed E-state index contributed by atoms with van der Waals surface area (Å²) in [5.41, 5.74) is 0.404. The molecule has 0 aliphatic carbocycles. The summed E-state index contributed by atoms with van der Waals surface area (Å²) in [7, 11) is 0. The molecule has 1 atom stereocenters. The Morgan fingerprint density at radius 2 is 2.12 bits per heavy atom. The summed E-state index contributed by atoms with van der Waals surface area (Å²) in [6, 6.07) is 5.10. The number of benzene rings is 1. The molecule has 17 heavy (non-hydrogen) atoms. The SMILES string of the molecule is C=CCOc1ccc(Br)cc1C(O)C(Cl)(Cl)Cl. The van der Waals surface area contributed by atoms with Crippen molar-refractivity contribution in [1.82, 2.24) is 0 Å². The van der Waals surface area contributed by atoms with Crippen molar-refractivity contribution in [3.63, 3.8) is 0 Å². The predicted molar refractivity (Wildman–Crippen MR) is 75.1 cm³/mol. The molecular formula is C11H10BrCl3O2. The normalized spacial score (nSPS) is 13.2. The van der Waals surface area contributed by atoms with E-state index in [4.69, 9.17) is 39.5 Å². The molecule has 1 rings (SSSR count). The fourth-order valence-electron chi connectivity index (χ4n) is 1.19. The van der Waals surface area contributed by atoms with Crippen LogP contribution in [0.4, 0.5) is 0 Å². The number of halogens is 4. The Morgan fingerprint density at radius 3 is 2.65 bits per heavy atom. The molecule has 0 heterocycles. The Bertz CT molecular complexity index is 404. The molecule has 0 spiro atoms. The number of aliphatic hydroxyl groups excluding tert-OH is 1. The van der Waals surface area contributed by atoms with Crippen molar-refractivity contribution in [2.75, 3.05) is 6.61 Å². The molecular weight excluding hydrogens is 350 g/mol. The van der Waals surface area contributed by atoms with E-state index in [2.05, 4.69) is 22.5 Å². The van der Waals surface area contributed by atoms with E-state index < -0.39 is 9.90 Å². The third-order valence-corrected chi connectivity index (χ3v) is 3.05. The van der Waals surface area contributed by atoms with Crippen molar-refractivity contribution >= 4 is 50.7 Å². The van der Waals surface area contributed by atoms with E-state index in [1.807, 2.05) is 0 Å². The second-order valence-electron chi connectivity index (χ2n) is 3.23. The van der Waals surface area contributed by atoms with Gasteiger partial charge in [0.05, 0.1) is 0 Å². The van der Waals surface area contributed by atoms with Crippen LogP contribution < -0.4 is 4.74 Å². The van der Waals surface area contributed by atoms with E-state index in [9.17, 15) is 5.11 Å². The van der Waals surface area contributed by atoms with Crippen LogP contribution >= 0.6 is 50.7 Å². The third kappa shape index (κ3) is 4.34. The van der Waals surface area contributed by atoms with Gasteiger partial charge in [-0.15, -0.1) is 0 Å². The maximum atomic E-state index is 9.94. The van der Waals surface area contributed by atoms with E-state index in [1.165, 1.54) is 0 Å². The van der Waals surface area contributed by atoms with Crippen molar-refractivity contribution < 1.29 is 9.84 Å². The largest absolute Gasteiger partial charge is 0.489 e. The van der Waals surface area contributed by atoms with Crippen LogP contribution in [-0.2, 0) is 0 Å². The third-order valence-electron chi connectivity index (χ3n) is 1.93. The van der Waals surface area contributed by atoms with Crippen LogP contribution in [0.5, 0.6) is 5.75 Å². The molecule has 0 fully saturated rings. The highest BCUT2D eigenvalue weighted by atomic mass is 79.9. The molecule has 1 N–H and O–H groups in total. The van der Waals surface area contributed by atoms with E-state index in [-0.39, 0.29) is 0 Å². The molecule has 94 valence electrons. The molecule has 0 aliphatic heterocycles. The lowest BCUT2D eigenvalue weighted by Crippen LogP contribution is -2.17. The van der Waals surface area contributed by atoms with E-state index in [0.29, 0.717) is 17.9 Å². The molecule has 0 saturated carbocycles. The average Bonchev–Trinajstić information content (AvgIpc) is 2.25. The Hall–Kier alpha value is 0.0700. The molecule has 0 amide bonds. The number of alkyl halides is 3. The molecule has 0 saturated heterocycles. The van der Waals surface area contributed by atoms with Crippen molar-refractivity contribution in [1.29, 1.82) is 0 Å². The first kappa shape index (κ1) is 15.1. The molecule has 0 bridgehead atoms. The number of aliphatic hydroxyl groups is 1. The first-order valence-corrected chi connectivity index (χ1v) is 6.57. The topological polar surface area (TPSA) is 29.5 Å². The van der Waals surface area contributed by atoms with Crippen molar-refractivity contribution in [3.05, 3.63) is 40.9 Å². The lowest BCUT2D eigenvalue weighted by molar-refractivity contribution is 0.176. The lowest BCUT2D eigenvalue weighted by Gasteiger charge is -2.21. The average molecular weight is 360 g/mol. The number of rotatable bonds is 4. The quantitative estimate of drug-likeness (QED) is 0.636. The summed E-state index contributed by atoms with van der Waals surface area (Å²) in [5, 5.41) is 9.94. The van der Waals surface area contributed by atoms with Gasteiger partial charge < -0.3 is 9.84 Å². The molecule has 1 unspecified atom stereocenters. The summed E-state index contributed by atoms with van der Waals surface area (Å²) in [5.74, 6) is 0.451. The molecule has 0 aromatic heterocycles. The smallest absolute Gasteiger partial charge is 0.220 e. The zero-order valence-corrected chi connectivity index (χ0v) is 12.5. The fourth-order valence-corrected chi connectivity index (χ4v) is 1.92. The van der Waals surface area contributed by atoms with Gasteiger partial charge in [0, 0.05) is 10.0 Å². The van der Waals surface area contributed by atoms with Crippen molar-refractivity contribution in [3.8, 4) is 5.75 Å². The summed E-state index contributed by atoms with van der Waals surface area (Å²) < 4.78 is 4.33. The van der Waals surface area contributed by atoms with Gasteiger partial charge in [-0.3, -0.25) is 0 Å². The highest BCUT2D eigenvalue weighted by molar-refractivity contribution is 9.10. The minimum Gasteiger partial charge on any atom is -0.489 e. The minimum atomic E-state index is -1.81. The van der Waals surface area contributed by atoms with Gasteiger partial charge in [0.2, 0.25) is 3.79 Å². The molecule has 1 aromatic rings. The first-order chi connectivity index (χ1) is 7.86. The second-order valence-corrected chi connectivity index (χ2v) is 6.51. The predicted octanol–water partition coefficient (Wildman–Crippen LogP) is 4.42. The van der Waals surface area contributed by atoms with Crippen LogP contribution in [0.15, 0.2) is 35.3 Å². The maximum absolute atomic E-state index is 9.94. The van der Waals surface area contributed by atoms with Crippen LogP contribution in [-0.4, -0.2) is 15.5 Å². The van der Waals surface area contributed by atoms with Gasteiger partial charge in [0.1, 0.15) is 18.5 Å². The van der Waals surface area contributed by atoms with Gasteiger partial charge in [-0.2, -0.15) is 0 Å². The minimum absolute atomic E-state index is 0.307. The Morgan fingerprint density at radius 1 is 1.47 bits per heavy atom. The van der Waals surface area contributed by atoms with Crippen LogP contribution in [0, 0.1) is 0 Å². The van der Waals surface area contributed by atoms with E-state index in [1.54, 1.807) is 24.3 Å². The van der Waals surface area contributed by atoms with Crippen LogP contribution in [0.2, 0.25) is 0 Å². The number of hydrogen-bond acceptors (Lipinski definition) is 2. The summed E-state index contributed by atoms with van der Waals surface area (Å²) in [4.78, 5) is 0. The van der Waals surface area contributed by atoms with Crippen LogP contribution in [0.1, 0.15) is 11.7 Å². The lowest BCUT2D eigenvalue weighted by atomic mass is 10.1. The number of ether oxygens (including phenoxy) is 1. The van der Waals surface area contributed by atoms with Crippen molar-refractivity contribution in [2.24, 2.45) is 0 Å². The zero-order chi connectivity index (χ0) is 13.1. The van der Waals surface area contributed by atoms with Gasteiger partial charge in [-0.05, 0) is 18.2 Å². The Balaban J connectivity index is 3.10. The Kier molecular flexibility index (Phi) is 5.61. The van der Waals surface area contributed by atoms with Gasteiger partial charge >= 0.3 is 0 Å². The molecule has 2 nitrogen and oxygen atoms in total. The van der Waals surface area contributed by atoms with E-state index >= 15 is 0 Å². The van der Waals surface area contributed by atoms with Crippen LogP contribution in [0.25, 0.3) is 0 Å². The highest BCUT2D eigenvalue weighted by Crippen LogP contribution is 2.43. The highest BCUT2D eigenvalue weighted by Gasteiger charge is 2.34. The fraction of sp³-hybridized carbons (Fsp3) is 0.273. The first-order valence-electron chi connectivity index (χ1n) is 4.64. The van der Waals surface area contributed by atoms with Gasteiger partial charge in [0.15, 0.2) is 0 Å². The zero-order valence-electron chi connectivity index (χ0n) is 8.67. The number of hydrogen-bond donors (Lipinski definition) is 1. The summed E-state index contributed by atoms with van der Waals surface area (Å²) in [6.45, 7) is 3.85. The molecule has 1 aromatic carbocycles. The monoisotopic (exact) mass is 358 g/mol. The summed E-state index contributed by atoms with van der Waals surface area (Å²) >= 11 is 20.3. The molecule has 0 radical (unpaired) electrons.